The predicted octanol–water partition coefficient (Wildman–Crippen LogP) is 2.24. The fourth-order valence-electron chi connectivity index (χ4n) is 2.48. The Kier molecular flexibility index (Phi) is 2.87. The highest BCUT2D eigenvalue weighted by molar-refractivity contribution is 5.62. The smallest absolute Gasteiger partial charge is 0.372 e. The Bertz CT molecular complexity index is 514. The van der Waals surface area contributed by atoms with Crippen molar-refractivity contribution in [3.05, 3.63) is 16.4 Å². The lowest BCUT2D eigenvalue weighted by molar-refractivity contribution is -0.385. The van der Waals surface area contributed by atoms with Gasteiger partial charge in [0.2, 0.25) is 5.82 Å². The van der Waals surface area contributed by atoms with Crippen molar-refractivity contribution in [2.45, 2.75) is 33.7 Å². The van der Waals surface area contributed by atoms with Gasteiger partial charge in [0.1, 0.15) is 6.33 Å². The van der Waals surface area contributed by atoms with E-state index >= 15 is 0 Å². The molecule has 0 spiro atoms. The Balaban J connectivity index is 2.35. The van der Waals surface area contributed by atoms with E-state index in [0.717, 1.165) is 0 Å². The fraction of sp³-hybridized carbons (Fsp3) is 0.667. The Morgan fingerprint density at radius 1 is 1.32 bits per heavy atom. The molecule has 7 heteroatoms. The molecule has 0 saturated heterocycles. The number of aromatic nitrogens is 2. The van der Waals surface area contributed by atoms with E-state index in [-0.39, 0.29) is 34.3 Å². The third-order valence-corrected chi connectivity index (χ3v) is 4.47. The van der Waals surface area contributed by atoms with Crippen LogP contribution in [-0.2, 0) is 0 Å². The van der Waals surface area contributed by atoms with Gasteiger partial charge in [-0.15, -0.1) is 0 Å². The molecule has 7 nitrogen and oxygen atoms in total. The van der Waals surface area contributed by atoms with E-state index < -0.39 is 4.92 Å². The van der Waals surface area contributed by atoms with E-state index in [9.17, 15) is 10.1 Å². The van der Waals surface area contributed by atoms with Gasteiger partial charge in [-0.1, -0.05) is 27.7 Å². The number of anilines is 1. The van der Waals surface area contributed by atoms with E-state index in [4.69, 9.17) is 4.74 Å². The monoisotopic (exact) mass is 266 g/mol. The number of methoxy groups -OCH3 is 1. The summed E-state index contributed by atoms with van der Waals surface area (Å²) in [6.45, 7) is 8.48. The van der Waals surface area contributed by atoms with Crippen LogP contribution >= 0.6 is 0 Å². The van der Waals surface area contributed by atoms with Crippen molar-refractivity contribution in [3.63, 3.8) is 0 Å². The molecular formula is C12H18N4O3. The zero-order chi connectivity index (χ0) is 14.4. The predicted molar refractivity (Wildman–Crippen MR) is 70.2 cm³/mol. The highest BCUT2D eigenvalue weighted by Gasteiger charge is 2.65. The molecule has 19 heavy (non-hydrogen) atoms. The van der Waals surface area contributed by atoms with Crippen molar-refractivity contribution in [3.8, 4) is 5.88 Å². The first-order valence-electron chi connectivity index (χ1n) is 6.03. The minimum absolute atomic E-state index is 0.0289. The van der Waals surface area contributed by atoms with Crippen molar-refractivity contribution >= 4 is 11.5 Å². The summed E-state index contributed by atoms with van der Waals surface area (Å²) in [4.78, 5) is 18.3. The van der Waals surface area contributed by atoms with Crippen LogP contribution in [0.1, 0.15) is 27.7 Å². The first-order chi connectivity index (χ1) is 8.73. The molecule has 0 amide bonds. The Labute approximate surface area is 111 Å². The molecule has 1 aliphatic rings. The maximum Gasteiger partial charge on any atom is 0.372 e. The maximum absolute atomic E-state index is 11.1. The van der Waals surface area contributed by atoms with Crippen LogP contribution in [0.25, 0.3) is 0 Å². The number of rotatable bonds is 4. The summed E-state index contributed by atoms with van der Waals surface area (Å²) in [6, 6.07) is 0.123. The summed E-state index contributed by atoms with van der Waals surface area (Å²) >= 11 is 0. The third kappa shape index (κ3) is 1.89. The molecule has 0 radical (unpaired) electrons. The Morgan fingerprint density at radius 3 is 2.32 bits per heavy atom. The van der Waals surface area contributed by atoms with Gasteiger partial charge in [-0.25, -0.2) is 4.98 Å². The van der Waals surface area contributed by atoms with Crippen LogP contribution in [0.5, 0.6) is 5.88 Å². The molecule has 0 atom stereocenters. The fourth-order valence-corrected chi connectivity index (χ4v) is 2.48. The first kappa shape index (κ1) is 13.5. The summed E-state index contributed by atoms with van der Waals surface area (Å²) in [7, 11) is 1.35. The van der Waals surface area contributed by atoms with Crippen LogP contribution in [0.2, 0.25) is 0 Å². The Morgan fingerprint density at radius 2 is 1.89 bits per heavy atom. The summed E-state index contributed by atoms with van der Waals surface area (Å²) in [5, 5.41) is 14.3. The summed E-state index contributed by atoms with van der Waals surface area (Å²) in [5.41, 5.74) is -0.110. The van der Waals surface area contributed by atoms with E-state index in [0.29, 0.717) is 0 Å². The normalized spacial score (nSPS) is 19.8. The van der Waals surface area contributed by atoms with Gasteiger partial charge in [0, 0.05) is 6.04 Å². The van der Waals surface area contributed by atoms with Crippen molar-refractivity contribution in [1.29, 1.82) is 0 Å². The lowest BCUT2D eigenvalue weighted by Crippen LogP contribution is -2.13. The minimum atomic E-state index is -0.524. The molecule has 2 rings (SSSR count). The maximum atomic E-state index is 11.1. The molecule has 0 aromatic carbocycles. The van der Waals surface area contributed by atoms with Gasteiger partial charge in [0.05, 0.1) is 12.0 Å². The molecule has 1 aliphatic carbocycles. The molecule has 0 bridgehead atoms. The third-order valence-electron chi connectivity index (χ3n) is 4.47. The molecule has 1 aromatic heterocycles. The van der Waals surface area contributed by atoms with Gasteiger partial charge in [0.15, 0.2) is 0 Å². The van der Waals surface area contributed by atoms with E-state index in [1.54, 1.807) is 0 Å². The zero-order valence-corrected chi connectivity index (χ0v) is 11.7. The molecule has 0 unspecified atom stereocenters. The van der Waals surface area contributed by atoms with Gasteiger partial charge in [-0.3, -0.25) is 10.1 Å². The van der Waals surface area contributed by atoms with Crippen LogP contribution in [0, 0.1) is 20.9 Å². The van der Waals surface area contributed by atoms with Crippen LogP contribution in [-0.4, -0.2) is 28.0 Å². The minimum Gasteiger partial charge on any atom is -0.476 e. The SMILES string of the molecule is COc1ncnc(NC2C(C)(C)C2(C)C)c1[N+](=O)[O-]. The number of nitro groups is 1. The quantitative estimate of drug-likeness (QED) is 0.664. The van der Waals surface area contributed by atoms with Crippen LogP contribution < -0.4 is 10.1 Å². The number of nitrogens with one attached hydrogen (secondary N) is 1. The van der Waals surface area contributed by atoms with Crippen molar-refractivity contribution in [2.24, 2.45) is 10.8 Å². The topological polar surface area (TPSA) is 90.2 Å². The molecule has 1 aromatic rings. The Hall–Kier alpha value is -1.92. The van der Waals surface area contributed by atoms with Crippen LogP contribution in [0.3, 0.4) is 0 Å². The molecule has 1 fully saturated rings. The van der Waals surface area contributed by atoms with Gasteiger partial charge >= 0.3 is 5.69 Å². The highest BCUT2D eigenvalue weighted by atomic mass is 16.6. The van der Waals surface area contributed by atoms with E-state index in [2.05, 4.69) is 43.0 Å². The van der Waals surface area contributed by atoms with Gasteiger partial charge < -0.3 is 10.1 Å². The van der Waals surface area contributed by atoms with Crippen molar-refractivity contribution in [2.75, 3.05) is 12.4 Å². The second-order valence-corrected chi connectivity index (χ2v) is 5.86. The lowest BCUT2D eigenvalue weighted by Gasteiger charge is -2.09. The number of hydrogen-bond donors (Lipinski definition) is 1. The van der Waals surface area contributed by atoms with Crippen molar-refractivity contribution < 1.29 is 9.66 Å². The molecular weight excluding hydrogens is 248 g/mol. The van der Waals surface area contributed by atoms with Crippen LogP contribution in [0.4, 0.5) is 11.5 Å². The molecule has 1 saturated carbocycles. The van der Waals surface area contributed by atoms with Crippen molar-refractivity contribution in [1.82, 2.24) is 9.97 Å². The highest BCUT2D eigenvalue weighted by Crippen LogP contribution is 2.64. The zero-order valence-electron chi connectivity index (χ0n) is 11.7. The molecule has 1 heterocycles. The van der Waals surface area contributed by atoms with Gasteiger partial charge in [-0.2, -0.15) is 4.98 Å². The molecule has 104 valence electrons. The summed E-state index contributed by atoms with van der Waals surface area (Å²) < 4.78 is 4.92. The number of hydrogen-bond acceptors (Lipinski definition) is 6. The summed E-state index contributed by atoms with van der Waals surface area (Å²) in [5.74, 6) is 0.180. The number of nitrogens with zero attached hydrogens (tertiary/aromatic N) is 3. The first-order valence-corrected chi connectivity index (χ1v) is 6.03. The molecule has 1 N–H and O–H groups in total. The second-order valence-electron chi connectivity index (χ2n) is 5.86. The lowest BCUT2D eigenvalue weighted by atomic mass is 10.0. The summed E-state index contributed by atoms with van der Waals surface area (Å²) in [6.07, 6.45) is 1.26. The van der Waals surface area contributed by atoms with Gasteiger partial charge in [-0.05, 0) is 10.8 Å². The average Bonchev–Trinajstić information content (AvgIpc) is 2.71. The van der Waals surface area contributed by atoms with E-state index in [1.165, 1.54) is 13.4 Å². The average molecular weight is 266 g/mol. The standard InChI is InChI=1S/C12H18N4O3/c1-11(2)10(12(11,3)4)15-8-7(16(17)18)9(19-5)14-6-13-8/h6,10H,1-5H3,(H,13,14,15). The van der Waals surface area contributed by atoms with E-state index in [1.807, 2.05) is 0 Å². The second kappa shape index (κ2) is 4.04. The largest absolute Gasteiger partial charge is 0.476 e. The molecule has 0 aliphatic heterocycles. The van der Waals surface area contributed by atoms with Crippen LogP contribution in [0.15, 0.2) is 6.33 Å². The van der Waals surface area contributed by atoms with Gasteiger partial charge in [0.25, 0.3) is 5.88 Å². The number of ether oxygens (including phenoxy) is 1.